The van der Waals surface area contributed by atoms with Gasteiger partial charge in [-0.3, -0.25) is 4.79 Å². The molecule has 0 unspecified atom stereocenters. The first-order valence-electron chi connectivity index (χ1n) is 8.20. The summed E-state index contributed by atoms with van der Waals surface area (Å²) in [5, 5.41) is 3.77. The van der Waals surface area contributed by atoms with Crippen LogP contribution in [-0.4, -0.2) is 25.7 Å². The second kappa shape index (κ2) is 8.02. The number of pyridine rings is 1. The molecule has 0 saturated heterocycles. The molecule has 1 aromatic carbocycles. The van der Waals surface area contributed by atoms with Crippen LogP contribution in [0.4, 0.5) is 26.3 Å². The molecule has 2 aromatic heterocycles. The van der Waals surface area contributed by atoms with E-state index in [9.17, 15) is 31.1 Å². The lowest BCUT2D eigenvalue weighted by Gasteiger charge is -2.13. The minimum atomic E-state index is -5.02. The van der Waals surface area contributed by atoms with Crippen LogP contribution < -0.4 is 5.73 Å². The Morgan fingerprint density at radius 2 is 1.65 bits per heavy atom. The highest BCUT2D eigenvalue weighted by atomic mass is 35.5. The first-order valence-corrected chi connectivity index (χ1v) is 8.57. The van der Waals surface area contributed by atoms with E-state index in [0.29, 0.717) is 12.1 Å². The molecule has 31 heavy (non-hydrogen) atoms. The Labute approximate surface area is 175 Å². The summed E-state index contributed by atoms with van der Waals surface area (Å²) in [7, 11) is 0. The van der Waals surface area contributed by atoms with Gasteiger partial charge in [0.25, 0.3) is 5.91 Å². The number of amides is 1. The van der Waals surface area contributed by atoms with Gasteiger partial charge in [0.05, 0.1) is 16.7 Å². The number of alkyl halides is 6. The third-order valence-corrected chi connectivity index (χ3v) is 4.23. The van der Waals surface area contributed by atoms with Gasteiger partial charge in [0.15, 0.2) is 5.82 Å². The van der Waals surface area contributed by atoms with E-state index < -0.39 is 40.8 Å². The molecule has 1 amide bonds. The average molecular weight is 462 g/mol. The zero-order valence-electron chi connectivity index (χ0n) is 15.0. The minimum Gasteiger partial charge on any atom is -0.366 e. The molecule has 0 aliphatic heterocycles. The van der Waals surface area contributed by atoms with Crippen LogP contribution in [-0.2, 0) is 17.1 Å². The molecule has 2 heterocycles. The number of rotatable bonds is 4. The van der Waals surface area contributed by atoms with Crippen molar-refractivity contribution < 1.29 is 31.1 Å². The highest BCUT2D eigenvalue weighted by molar-refractivity contribution is 6.34. The molecule has 13 heteroatoms. The van der Waals surface area contributed by atoms with E-state index in [-0.39, 0.29) is 22.4 Å². The van der Waals surface area contributed by atoms with Crippen LogP contribution in [0.15, 0.2) is 42.9 Å². The third kappa shape index (κ3) is 5.02. The van der Waals surface area contributed by atoms with Crippen LogP contribution in [0.5, 0.6) is 0 Å². The maximum Gasteiger partial charge on any atom is 0.416 e. The predicted octanol–water partition coefficient (Wildman–Crippen LogP) is 4.51. The lowest BCUT2D eigenvalue weighted by atomic mass is 10.0. The maximum atomic E-state index is 13.1. The summed E-state index contributed by atoms with van der Waals surface area (Å²) in [6.45, 7) is 0. The Morgan fingerprint density at radius 3 is 2.16 bits per heavy atom. The second-order valence-electron chi connectivity index (χ2n) is 6.09. The first kappa shape index (κ1) is 22.3. The maximum absolute atomic E-state index is 13.1. The predicted molar refractivity (Wildman–Crippen MR) is 98.1 cm³/mol. The molecule has 2 N–H and O–H groups in total. The molecule has 0 saturated carbocycles. The Bertz CT molecular complexity index is 1140. The van der Waals surface area contributed by atoms with Crippen molar-refractivity contribution in [2.24, 2.45) is 5.73 Å². The smallest absolute Gasteiger partial charge is 0.366 e. The van der Waals surface area contributed by atoms with E-state index in [1.54, 1.807) is 0 Å². The lowest BCUT2D eigenvalue weighted by Crippen LogP contribution is -2.14. The monoisotopic (exact) mass is 461 g/mol. The SMILES string of the molecule is NC(=O)/C(=C\n1cnc(-c2cc(C(F)(F)F)cc(C(F)(F)F)c2)n1)c1cccnc1Cl. The fourth-order valence-corrected chi connectivity index (χ4v) is 2.76. The Balaban J connectivity index is 2.08. The van der Waals surface area contributed by atoms with Crippen LogP contribution in [0.2, 0.25) is 5.15 Å². The molecule has 0 aliphatic carbocycles. The number of primary amides is 1. The van der Waals surface area contributed by atoms with Crippen molar-refractivity contribution >= 4 is 29.3 Å². The normalized spacial score (nSPS) is 12.8. The number of hydrogen-bond donors (Lipinski definition) is 1. The summed E-state index contributed by atoms with van der Waals surface area (Å²) in [6, 6.07) is 3.89. The Morgan fingerprint density at radius 1 is 1.03 bits per heavy atom. The summed E-state index contributed by atoms with van der Waals surface area (Å²) >= 11 is 5.93. The number of halogens is 7. The number of carbonyl (C=O) groups is 1. The molecular weight excluding hydrogens is 452 g/mol. The van der Waals surface area contributed by atoms with Gasteiger partial charge in [-0.2, -0.15) is 26.3 Å². The van der Waals surface area contributed by atoms with E-state index in [0.717, 1.165) is 17.2 Å². The number of benzene rings is 1. The zero-order chi connectivity index (χ0) is 23.0. The highest BCUT2D eigenvalue weighted by Gasteiger charge is 2.37. The second-order valence-corrected chi connectivity index (χ2v) is 6.45. The van der Waals surface area contributed by atoms with Gasteiger partial charge in [-0.05, 0) is 30.3 Å². The molecular formula is C18H10ClF6N5O. The quantitative estimate of drug-likeness (QED) is 0.352. The van der Waals surface area contributed by atoms with Gasteiger partial charge >= 0.3 is 12.4 Å². The number of carbonyl (C=O) groups excluding carboxylic acids is 1. The van der Waals surface area contributed by atoms with Gasteiger partial charge in [-0.15, -0.1) is 5.10 Å². The number of hydrogen-bond acceptors (Lipinski definition) is 4. The van der Waals surface area contributed by atoms with Crippen molar-refractivity contribution in [3.8, 4) is 11.4 Å². The topological polar surface area (TPSA) is 86.7 Å². The third-order valence-electron chi connectivity index (χ3n) is 3.93. The van der Waals surface area contributed by atoms with Crippen molar-refractivity contribution in [3.05, 3.63) is 64.7 Å². The average Bonchev–Trinajstić information content (AvgIpc) is 3.14. The van der Waals surface area contributed by atoms with Gasteiger partial charge < -0.3 is 5.73 Å². The zero-order valence-corrected chi connectivity index (χ0v) is 15.8. The van der Waals surface area contributed by atoms with Crippen LogP contribution in [0.3, 0.4) is 0 Å². The van der Waals surface area contributed by atoms with Gasteiger partial charge in [0, 0.05) is 23.5 Å². The standard InChI is InChI=1S/C18H10ClF6N5O/c19-14-12(2-1-3-27-14)13(15(26)31)7-30-8-28-16(29-30)9-4-10(17(20,21)22)6-11(5-9)18(23,24)25/h1-8H,(H2,26,31)/b13-7-. The van der Waals surface area contributed by atoms with E-state index in [1.807, 2.05) is 0 Å². The summed E-state index contributed by atoms with van der Waals surface area (Å²) < 4.78 is 79.2. The molecule has 0 fully saturated rings. The van der Waals surface area contributed by atoms with Crippen LogP contribution in [0.1, 0.15) is 16.7 Å². The van der Waals surface area contributed by atoms with Gasteiger partial charge in [-0.25, -0.2) is 14.6 Å². The molecule has 0 atom stereocenters. The largest absolute Gasteiger partial charge is 0.416 e. The van der Waals surface area contributed by atoms with Crippen molar-refractivity contribution in [1.82, 2.24) is 19.7 Å². The summed E-state index contributed by atoms with van der Waals surface area (Å²) in [6.07, 6.45) is -6.62. The molecule has 0 aliphatic rings. The van der Waals surface area contributed by atoms with Crippen molar-refractivity contribution in [3.63, 3.8) is 0 Å². The van der Waals surface area contributed by atoms with Crippen LogP contribution in [0.25, 0.3) is 23.2 Å². The summed E-state index contributed by atoms with van der Waals surface area (Å²) in [4.78, 5) is 19.3. The van der Waals surface area contributed by atoms with E-state index in [2.05, 4.69) is 15.1 Å². The molecule has 0 bridgehead atoms. The summed E-state index contributed by atoms with van der Waals surface area (Å²) in [5.74, 6) is -1.36. The lowest BCUT2D eigenvalue weighted by molar-refractivity contribution is -0.143. The molecule has 3 rings (SSSR count). The summed E-state index contributed by atoms with van der Waals surface area (Å²) in [5.41, 5.74) is 1.78. The van der Waals surface area contributed by atoms with Crippen molar-refractivity contribution in [2.45, 2.75) is 12.4 Å². The van der Waals surface area contributed by atoms with E-state index in [1.165, 1.54) is 18.3 Å². The Hall–Kier alpha value is -3.41. The van der Waals surface area contributed by atoms with E-state index >= 15 is 0 Å². The minimum absolute atomic E-state index is 0.00398. The van der Waals surface area contributed by atoms with Crippen LogP contribution >= 0.6 is 11.6 Å². The number of nitrogens with zero attached hydrogens (tertiary/aromatic N) is 4. The first-order chi connectivity index (χ1) is 14.4. The molecule has 162 valence electrons. The van der Waals surface area contributed by atoms with Crippen LogP contribution in [0, 0.1) is 0 Å². The van der Waals surface area contributed by atoms with Crippen molar-refractivity contribution in [2.75, 3.05) is 0 Å². The number of aromatic nitrogens is 4. The fourth-order valence-electron chi connectivity index (χ4n) is 2.54. The molecule has 0 radical (unpaired) electrons. The van der Waals surface area contributed by atoms with Gasteiger partial charge in [-0.1, -0.05) is 11.6 Å². The molecule has 0 spiro atoms. The molecule has 6 nitrogen and oxygen atoms in total. The van der Waals surface area contributed by atoms with Gasteiger partial charge in [0.1, 0.15) is 11.5 Å². The number of nitrogens with two attached hydrogens (primary N) is 1. The van der Waals surface area contributed by atoms with Gasteiger partial charge in [0.2, 0.25) is 0 Å². The van der Waals surface area contributed by atoms with Crippen molar-refractivity contribution in [1.29, 1.82) is 0 Å². The fraction of sp³-hybridized carbons (Fsp3) is 0.111. The highest BCUT2D eigenvalue weighted by Crippen LogP contribution is 2.38. The van der Waals surface area contributed by atoms with E-state index in [4.69, 9.17) is 17.3 Å². The molecule has 3 aromatic rings. The Kier molecular flexibility index (Phi) is 5.77.